The molecule has 0 fully saturated rings. The zero-order valence-corrected chi connectivity index (χ0v) is 18.6. The summed E-state index contributed by atoms with van der Waals surface area (Å²) in [6, 6.07) is 20.3. The van der Waals surface area contributed by atoms with Crippen LogP contribution in [0.25, 0.3) is 33.8 Å². The molecule has 4 heterocycles. The molecule has 0 radical (unpaired) electrons. The van der Waals surface area contributed by atoms with Crippen LogP contribution in [-0.4, -0.2) is 19.9 Å². The third-order valence-electron chi connectivity index (χ3n) is 5.11. The van der Waals surface area contributed by atoms with Crippen LogP contribution in [0.4, 0.5) is 0 Å². The molecule has 0 amide bonds. The van der Waals surface area contributed by atoms with Crippen LogP contribution in [0.5, 0.6) is 0 Å². The molecule has 0 bridgehead atoms. The third kappa shape index (κ3) is 4.09. The van der Waals surface area contributed by atoms with Crippen molar-refractivity contribution >= 4 is 11.0 Å². The van der Waals surface area contributed by atoms with Crippen LogP contribution in [0.15, 0.2) is 60.7 Å². The number of hydrogen-bond donors (Lipinski definition) is 0. The van der Waals surface area contributed by atoms with E-state index in [1.54, 1.807) is 0 Å². The molecule has 0 saturated carbocycles. The monoisotopic (exact) mass is 396 g/mol. The number of pyridine rings is 4. The fraction of sp³-hybridized carbons (Fsp3) is 0.308. The van der Waals surface area contributed by atoms with E-state index in [4.69, 9.17) is 19.9 Å². The Kier molecular flexibility index (Phi) is 4.89. The second-order valence-electron chi connectivity index (χ2n) is 9.76. The predicted octanol–water partition coefficient (Wildman–Crippen LogP) is 6.35. The third-order valence-corrected chi connectivity index (χ3v) is 5.11. The minimum atomic E-state index is -0.0119. The molecular weight excluding hydrogens is 368 g/mol. The highest BCUT2D eigenvalue weighted by Crippen LogP contribution is 2.27. The Morgan fingerprint density at radius 2 is 0.867 bits per heavy atom. The Balaban J connectivity index is 1.78. The van der Waals surface area contributed by atoms with Crippen molar-refractivity contribution in [2.45, 2.75) is 52.4 Å². The zero-order chi connectivity index (χ0) is 21.5. The fourth-order valence-corrected chi connectivity index (χ4v) is 3.27. The maximum absolute atomic E-state index is 4.84. The fourth-order valence-electron chi connectivity index (χ4n) is 3.27. The number of rotatable bonds is 2. The smallest absolute Gasteiger partial charge is 0.160 e. The quantitative estimate of drug-likeness (QED) is 0.396. The lowest BCUT2D eigenvalue weighted by Crippen LogP contribution is -2.13. The summed E-state index contributed by atoms with van der Waals surface area (Å²) in [4.78, 5) is 19.3. The molecule has 0 saturated heterocycles. The van der Waals surface area contributed by atoms with Gasteiger partial charge in [-0.25, -0.2) is 9.97 Å². The number of fused-ring (bicyclic) bond motifs is 1. The van der Waals surface area contributed by atoms with Crippen LogP contribution in [0.2, 0.25) is 0 Å². The van der Waals surface area contributed by atoms with Gasteiger partial charge in [-0.2, -0.15) is 0 Å². The molecular formula is C26H28N4. The van der Waals surface area contributed by atoms with Crippen molar-refractivity contribution in [2.75, 3.05) is 0 Å². The van der Waals surface area contributed by atoms with Gasteiger partial charge in [0.1, 0.15) is 0 Å². The number of aromatic nitrogens is 4. The first-order valence-electron chi connectivity index (χ1n) is 10.3. The van der Waals surface area contributed by atoms with Crippen LogP contribution in [0, 0.1) is 0 Å². The number of hydrogen-bond acceptors (Lipinski definition) is 4. The van der Waals surface area contributed by atoms with Gasteiger partial charge in [-0.1, -0.05) is 53.7 Å². The van der Waals surface area contributed by atoms with Crippen molar-refractivity contribution in [1.29, 1.82) is 0 Å². The van der Waals surface area contributed by atoms with Crippen molar-refractivity contribution in [1.82, 2.24) is 19.9 Å². The Bertz CT molecular complexity index is 1120. The summed E-state index contributed by atoms with van der Waals surface area (Å²) >= 11 is 0. The van der Waals surface area contributed by atoms with Crippen LogP contribution >= 0.6 is 0 Å². The van der Waals surface area contributed by atoms with Crippen LogP contribution in [0.3, 0.4) is 0 Å². The van der Waals surface area contributed by atoms with Crippen molar-refractivity contribution in [3.63, 3.8) is 0 Å². The van der Waals surface area contributed by atoms with Crippen LogP contribution in [0.1, 0.15) is 52.9 Å². The molecule has 4 aromatic heterocycles. The molecule has 4 rings (SSSR count). The van der Waals surface area contributed by atoms with E-state index >= 15 is 0 Å². The summed E-state index contributed by atoms with van der Waals surface area (Å²) < 4.78 is 0. The van der Waals surface area contributed by atoms with Crippen molar-refractivity contribution in [3.8, 4) is 22.8 Å². The normalized spacial score (nSPS) is 12.3. The Morgan fingerprint density at radius 3 is 1.27 bits per heavy atom. The van der Waals surface area contributed by atoms with Crippen molar-refractivity contribution in [3.05, 3.63) is 72.1 Å². The van der Waals surface area contributed by atoms with Crippen molar-refractivity contribution in [2.24, 2.45) is 0 Å². The lowest BCUT2D eigenvalue weighted by atomic mass is 9.91. The highest BCUT2D eigenvalue weighted by Gasteiger charge is 2.17. The number of nitrogens with zero attached hydrogens (tertiary/aromatic N) is 4. The van der Waals surface area contributed by atoms with E-state index in [1.165, 1.54) is 0 Å². The largest absolute Gasteiger partial charge is 0.251 e. The first-order chi connectivity index (χ1) is 14.1. The van der Waals surface area contributed by atoms with E-state index in [2.05, 4.69) is 65.8 Å². The summed E-state index contributed by atoms with van der Waals surface area (Å²) in [5, 5.41) is 1.00. The van der Waals surface area contributed by atoms with Gasteiger partial charge in [0.2, 0.25) is 0 Å². The van der Waals surface area contributed by atoms with Gasteiger partial charge in [0.25, 0.3) is 0 Å². The van der Waals surface area contributed by atoms with Gasteiger partial charge in [0, 0.05) is 27.6 Å². The van der Waals surface area contributed by atoms with Gasteiger partial charge in [0.05, 0.1) is 22.8 Å². The van der Waals surface area contributed by atoms with E-state index in [-0.39, 0.29) is 10.8 Å². The van der Waals surface area contributed by atoms with Gasteiger partial charge in [0.15, 0.2) is 5.65 Å². The standard InChI is InChI=1S/C26H28N4/c1-25(2,3)22-11-7-9-18(27-22)20-15-13-17-14-16-21(30-24(17)29-20)19-10-8-12-23(28-19)26(4,5)6/h7-16H,1-6H3. The minimum Gasteiger partial charge on any atom is -0.251 e. The second-order valence-corrected chi connectivity index (χ2v) is 9.76. The summed E-state index contributed by atoms with van der Waals surface area (Å²) in [7, 11) is 0. The first kappa shape index (κ1) is 20.1. The van der Waals surface area contributed by atoms with E-state index < -0.39 is 0 Å². The Labute approximate surface area is 178 Å². The maximum Gasteiger partial charge on any atom is 0.160 e. The van der Waals surface area contributed by atoms with Gasteiger partial charge in [-0.15, -0.1) is 0 Å². The molecule has 0 aliphatic heterocycles. The lowest BCUT2D eigenvalue weighted by molar-refractivity contribution is 0.569. The van der Waals surface area contributed by atoms with Gasteiger partial charge in [-0.3, -0.25) is 9.97 Å². The van der Waals surface area contributed by atoms with E-state index in [0.717, 1.165) is 39.5 Å². The highest BCUT2D eigenvalue weighted by atomic mass is 14.9. The Morgan fingerprint density at radius 1 is 0.467 bits per heavy atom. The van der Waals surface area contributed by atoms with E-state index in [1.807, 2.05) is 36.4 Å². The van der Waals surface area contributed by atoms with Crippen molar-refractivity contribution < 1.29 is 0 Å². The molecule has 0 atom stereocenters. The Hall–Kier alpha value is -3.14. The molecule has 0 N–H and O–H groups in total. The zero-order valence-electron chi connectivity index (χ0n) is 18.6. The summed E-state index contributed by atoms with van der Waals surface area (Å²) in [5.41, 5.74) is 6.16. The summed E-state index contributed by atoms with van der Waals surface area (Å²) in [6.07, 6.45) is 0. The molecule has 0 aromatic carbocycles. The van der Waals surface area contributed by atoms with Gasteiger partial charge in [-0.05, 0) is 48.5 Å². The molecule has 0 spiro atoms. The maximum atomic E-state index is 4.84. The summed E-state index contributed by atoms with van der Waals surface area (Å²) in [6.45, 7) is 13.0. The van der Waals surface area contributed by atoms with E-state index in [9.17, 15) is 0 Å². The summed E-state index contributed by atoms with van der Waals surface area (Å²) in [5.74, 6) is 0. The average Bonchev–Trinajstić information content (AvgIpc) is 2.72. The van der Waals surface area contributed by atoms with E-state index in [0.29, 0.717) is 5.65 Å². The second kappa shape index (κ2) is 7.28. The average molecular weight is 397 g/mol. The van der Waals surface area contributed by atoms with Gasteiger partial charge < -0.3 is 0 Å². The topological polar surface area (TPSA) is 51.6 Å². The molecule has 152 valence electrons. The highest BCUT2D eigenvalue weighted by molar-refractivity contribution is 5.80. The van der Waals surface area contributed by atoms with Crippen LogP contribution < -0.4 is 0 Å². The predicted molar refractivity (Wildman–Crippen MR) is 123 cm³/mol. The SMILES string of the molecule is CC(C)(C)c1cccc(-c2ccc3ccc(-c4cccc(C(C)(C)C)n4)nc3n2)n1. The first-order valence-corrected chi connectivity index (χ1v) is 10.3. The molecule has 4 heteroatoms. The van der Waals surface area contributed by atoms with Crippen LogP contribution in [-0.2, 0) is 10.8 Å². The molecule has 0 aliphatic carbocycles. The molecule has 4 nitrogen and oxygen atoms in total. The minimum absolute atomic E-state index is 0.0119. The molecule has 4 aromatic rings. The molecule has 0 unspecified atom stereocenters. The lowest BCUT2D eigenvalue weighted by Gasteiger charge is -2.18. The van der Waals surface area contributed by atoms with Gasteiger partial charge >= 0.3 is 0 Å². The molecule has 30 heavy (non-hydrogen) atoms. The molecule has 0 aliphatic rings.